The van der Waals surface area contributed by atoms with E-state index in [0.717, 1.165) is 16.8 Å². The van der Waals surface area contributed by atoms with Gasteiger partial charge in [0.2, 0.25) is 5.95 Å². The van der Waals surface area contributed by atoms with E-state index in [2.05, 4.69) is 15.3 Å². The van der Waals surface area contributed by atoms with Crippen molar-refractivity contribution in [1.82, 2.24) is 15.3 Å². The van der Waals surface area contributed by atoms with Crippen LogP contribution in [0.4, 0.5) is 11.6 Å². The normalized spacial score (nSPS) is 11.7. The van der Waals surface area contributed by atoms with Crippen LogP contribution in [0.2, 0.25) is 10.0 Å². The van der Waals surface area contributed by atoms with Gasteiger partial charge in [-0.15, -0.1) is 0 Å². The summed E-state index contributed by atoms with van der Waals surface area (Å²) in [6.45, 7) is 0.593. The Balaban J connectivity index is 1.45. The lowest BCUT2D eigenvalue weighted by Gasteiger charge is -2.23. The monoisotopic (exact) mass is 546 g/mol. The van der Waals surface area contributed by atoms with E-state index in [-0.39, 0.29) is 22.0 Å². The average molecular weight is 547 g/mol. The number of aliphatic carboxylic acids is 1. The summed E-state index contributed by atoms with van der Waals surface area (Å²) in [6, 6.07) is 23.1. The lowest BCUT2D eigenvalue weighted by atomic mass is 10.1. The molecule has 1 aromatic heterocycles. The standard InChI is InChI=1S/C29H24Cl2N4O3/c30-23-10-5-11-24(31)26(23)27(36)34-25(28(37)38)12-4-9-20-13-15-22(16-14-20)35(29-32-17-6-18-33-29)19-21-7-2-1-3-8-21/h1-11,13-18,25H,12,19H2,(H,34,36)(H,37,38). The molecule has 3 aromatic carbocycles. The highest BCUT2D eigenvalue weighted by Crippen LogP contribution is 2.26. The molecule has 0 bridgehead atoms. The lowest BCUT2D eigenvalue weighted by Crippen LogP contribution is -2.40. The van der Waals surface area contributed by atoms with E-state index in [1.54, 1.807) is 36.7 Å². The summed E-state index contributed by atoms with van der Waals surface area (Å²) in [5.41, 5.74) is 2.93. The number of carbonyl (C=O) groups excluding carboxylic acids is 1. The minimum absolute atomic E-state index is 0.0455. The Morgan fingerprint density at radius 3 is 2.18 bits per heavy atom. The summed E-state index contributed by atoms with van der Waals surface area (Å²) >= 11 is 12.1. The number of nitrogens with one attached hydrogen (secondary N) is 1. The van der Waals surface area contributed by atoms with Crippen molar-refractivity contribution in [3.05, 3.63) is 124 Å². The molecule has 0 saturated carbocycles. The minimum Gasteiger partial charge on any atom is -0.480 e. The van der Waals surface area contributed by atoms with Crippen molar-refractivity contribution in [1.29, 1.82) is 0 Å². The van der Waals surface area contributed by atoms with Gasteiger partial charge in [0.05, 0.1) is 22.2 Å². The maximum Gasteiger partial charge on any atom is 0.326 e. The number of halogens is 2. The Morgan fingerprint density at radius 1 is 0.895 bits per heavy atom. The van der Waals surface area contributed by atoms with Gasteiger partial charge in [-0.3, -0.25) is 4.79 Å². The number of nitrogens with zero attached hydrogens (tertiary/aromatic N) is 3. The van der Waals surface area contributed by atoms with Crippen LogP contribution in [-0.2, 0) is 11.3 Å². The first kappa shape index (κ1) is 26.9. The van der Waals surface area contributed by atoms with E-state index in [9.17, 15) is 14.7 Å². The molecule has 38 heavy (non-hydrogen) atoms. The zero-order chi connectivity index (χ0) is 26.9. The highest BCUT2D eigenvalue weighted by Gasteiger charge is 2.22. The molecule has 0 aliphatic carbocycles. The van der Waals surface area contributed by atoms with Crippen LogP contribution in [0, 0.1) is 0 Å². The fraction of sp³-hybridized carbons (Fsp3) is 0.103. The molecule has 4 rings (SSSR count). The maximum absolute atomic E-state index is 12.6. The molecule has 2 N–H and O–H groups in total. The number of carbonyl (C=O) groups is 2. The molecule has 1 heterocycles. The molecule has 0 fully saturated rings. The van der Waals surface area contributed by atoms with Crippen LogP contribution in [0.3, 0.4) is 0 Å². The molecule has 7 nitrogen and oxygen atoms in total. The van der Waals surface area contributed by atoms with Gasteiger partial charge in [-0.25, -0.2) is 14.8 Å². The highest BCUT2D eigenvalue weighted by molar-refractivity contribution is 6.39. The van der Waals surface area contributed by atoms with Crippen LogP contribution in [0.25, 0.3) is 6.08 Å². The summed E-state index contributed by atoms with van der Waals surface area (Å²) in [7, 11) is 0. The van der Waals surface area contributed by atoms with Crippen LogP contribution in [0.5, 0.6) is 0 Å². The number of rotatable bonds is 10. The molecule has 0 saturated heterocycles. The molecule has 1 amide bonds. The predicted octanol–water partition coefficient (Wildman–Crippen LogP) is 6.41. The van der Waals surface area contributed by atoms with E-state index in [0.29, 0.717) is 12.5 Å². The smallest absolute Gasteiger partial charge is 0.326 e. The van der Waals surface area contributed by atoms with Gasteiger partial charge in [-0.05, 0) is 47.9 Å². The molecule has 9 heteroatoms. The molecule has 0 radical (unpaired) electrons. The summed E-state index contributed by atoms with van der Waals surface area (Å²) in [5, 5.41) is 12.4. The van der Waals surface area contributed by atoms with Gasteiger partial charge in [0.15, 0.2) is 0 Å². The van der Waals surface area contributed by atoms with Crippen LogP contribution in [0.15, 0.2) is 97.3 Å². The van der Waals surface area contributed by atoms with E-state index in [1.807, 2.05) is 59.5 Å². The first-order valence-electron chi connectivity index (χ1n) is 11.7. The quantitative estimate of drug-likeness (QED) is 0.238. The highest BCUT2D eigenvalue weighted by atomic mass is 35.5. The summed E-state index contributed by atoms with van der Waals surface area (Å²) in [5.74, 6) is -1.23. The summed E-state index contributed by atoms with van der Waals surface area (Å²) in [4.78, 5) is 35.2. The predicted molar refractivity (Wildman–Crippen MR) is 150 cm³/mol. The molecule has 192 valence electrons. The van der Waals surface area contributed by atoms with Gasteiger partial charge < -0.3 is 15.3 Å². The van der Waals surface area contributed by atoms with E-state index in [1.165, 1.54) is 12.1 Å². The van der Waals surface area contributed by atoms with Gasteiger partial charge in [-0.1, -0.05) is 83.9 Å². The largest absolute Gasteiger partial charge is 0.480 e. The van der Waals surface area contributed by atoms with Gasteiger partial charge in [0, 0.05) is 18.1 Å². The van der Waals surface area contributed by atoms with Crippen LogP contribution >= 0.6 is 23.2 Å². The first-order valence-corrected chi connectivity index (χ1v) is 12.5. The molecule has 1 atom stereocenters. The molecule has 0 aliphatic heterocycles. The summed E-state index contributed by atoms with van der Waals surface area (Å²) in [6.07, 6.45) is 6.98. The van der Waals surface area contributed by atoms with E-state index < -0.39 is 17.9 Å². The SMILES string of the molecule is O=C(NC(CC=Cc1ccc(N(Cc2ccccc2)c2ncccn2)cc1)C(=O)O)c1c(Cl)cccc1Cl. The van der Waals surface area contributed by atoms with Crippen molar-refractivity contribution in [2.45, 2.75) is 19.0 Å². The van der Waals surface area contributed by atoms with Crippen molar-refractivity contribution >= 4 is 52.8 Å². The Bertz CT molecular complexity index is 1390. The number of aromatic nitrogens is 2. The topological polar surface area (TPSA) is 95.4 Å². The molecule has 0 spiro atoms. The van der Waals surface area contributed by atoms with Crippen LogP contribution in [-0.4, -0.2) is 33.0 Å². The number of carboxylic acid groups (broad SMARTS) is 1. The van der Waals surface area contributed by atoms with E-state index in [4.69, 9.17) is 23.2 Å². The third-order valence-corrected chi connectivity index (χ3v) is 6.29. The fourth-order valence-corrected chi connectivity index (χ4v) is 4.32. The van der Waals surface area contributed by atoms with Crippen molar-refractivity contribution in [2.75, 3.05) is 4.90 Å². The maximum atomic E-state index is 12.6. The number of carboxylic acids is 1. The number of benzene rings is 3. The second-order valence-corrected chi connectivity index (χ2v) is 9.13. The Kier molecular flexibility index (Phi) is 9.08. The van der Waals surface area contributed by atoms with Crippen molar-refractivity contribution in [3.8, 4) is 0 Å². The Labute approximate surface area is 230 Å². The number of amides is 1. The van der Waals surface area contributed by atoms with Gasteiger partial charge in [0.25, 0.3) is 5.91 Å². The summed E-state index contributed by atoms with van der Waals surface area (Å²) < 4.78 is 0. The number of anilines is 2. The molecule has 0 aliphatic rings. The third-order valence-electron chi connectivity index (χ3n) is 5.66. The third kappa shape index (κ3) is 6.97. The van der Waals surface area contributed by atoms with Crippen molar-refractivity contribution in [2.24, 2.45) is 0 Å². The number of hydrogen-bond donors (Lipinski definition) is 2. The van der Waals surface area contributed by atoms with Crippen LogP contribution < -0.4 is 10.2 Å². The second kappa shape index (κ2) is 12.9. The van der Waals surface area contributed by atoms with Crippen LogP contribution in [0.1, 0.15) is 27.9 Å². The molecular weight excluding hydrogens is 523 g/mol. The number of hydrogen-bond acceptors (Lipinski definition) is 5. The first-order chi connectivity index (χ1) is 18.4. The van der Waals surface area contributed by atoms with Crippen molar-refractivity contribution < 1.29 is 14.7 Å². The van der Waals surface area contributed by atoms with Gasteiger partial charge in [-0.2, -0.15) is 0 Å². The second-order valence-electron chi connectivity index (χ2n) is 8.31. The Hall–Kier alpha value is -4.20. The minimum atomic E-state index is -1.17. The average Bonchev–Trinajstić information content (AvgIpc) is 2.92. The molecule has 1 unspecified atom stereocenters. The van der Waals surface area contributed by atoms with E-state index >= 15 is 0 Å². The lowest BCUT2D eigenvalue weighted by molar-refractivity contribution is -0.139. The zero-order valence-electron chi connectivity index (χ0n) is 20.2. The van der Waals surface area contributed by atoms with Gasteiger partial charge >= 0.3 is 5.97 Å². The molecular formula is C29H24Cl2N4O3. The fourth-order valence-electron chi connectivity index (χ4n) is 3.75. The van der Waals surface area contributed by atoms with Gasteiger partial charge in [0.1, 0.15) is 6.04 Å². The zero-order valence-corrected chi connectivity index (χ0v) is 21.7. The van der Waals surface area contributed by atoms with Crippen molar-refractivity contribution in [3.63, 3.8) is 0 Å². The Morgan fingerprint density at radius 2 is 1.55 bits per heavy atom. The molecule has 4 aromatic rings.